The minimum Gasteiger partial charge on any atom is -0.316 e. The molecule has 0 unspecified atom stereocenters. The molecule has 0 aliphatic heterocycles. The smallest absolute Gasteiger partial charge is 0.302 e. The Morgan fingerprint density at radius 2 is 2.06 bits per heavy atom. The van der Waals surface area contributed by atoms with E-state index in [2.05, 4.69) is 15.0 Å². The van der Waals surface area contributed by atoms with Crippen LogP contribution in [0.3, 0.4) is 0 Å². The number of fused-ring (bicyclic) bond motifs is 1. The highest BCUT2D eigenvalue weighted by molar-refractivity contribution is 5.92. The number of aromatic nitrogens is 1. The van der Waals surface area contributed by atoms with Gasteiger partial charge in [0.25, 0.3) is 0 Å². The average Bonchev–Trinajstić information content (AvgIpc) is 2.28. The number of nitrogens with one attached hydrogen (secondary N) is 1. The number of rotatable bonds is 2. The maximum Gasteiger partial charge on any atom is 0.302 e. The van der Waals surface area contributed by atoms with Crippen molar-refractivity contribution in [3.05, 3.63) is 55.2 Å². The number of nitro groups is 1. The van der Waals surface area contributed by atoms with Crippen molar-refractivity contribution in [3.8, 4) is 0 Å². The summed E-state index contributed by atoms with van der Waals surface area (Å²) in [5, 5.41) is 14.6. The van der Waals surface area contributed by atoms with Crippen molar-refractivity contribution in [3.63, 3.8) is 0 Å². The first-order chi connectivity index (χ1) is 8.13. The molecule has 2 aromatic rings. The summed E-state index contributed by atoms with van der Waals surface area (Å²) in [6.45, 7) is 0. The highest BCUT2D eigenvalue weighted by Crippen LogP contribution is 2.33. The third kappa shape index (κ3) is 1.80. The molecular weight excluding hydrogens is 226 g/mol. The summed E-state index contributed by atoms with van der Waals surface area (Å²) in [5.74, 6) is 0. The van der Waals surface area contributed by atoms with Crippen LogP contribution < -0.4 is 5.56 Å². The van der Waals surface area contributed by atoms with E-state index in [1.54, 1.807) is 0 Å². The molecule has 0 aliphatic rings. The summed E-state index contributed by atoms with van der Waals surface area (Å²) in [6.07, 6.45) is 0. The second-order valence-corrected chi connectivity index (χ2v) is 3.17. The van der Waals surface area contributed by atoms with Gasteiger partial charge >= 0.3 is 5.69 Å². The standard InChI is InChI=1S/C9H5N5O3/c10-13-12-6-3-1-5-2-4-7(15)11-8(5)9(6)14(16)17/h1-4H,(H,11,15). The summed E-state index contributed by atoms with van der Waals surface area (Å²) < 4.78 is 0. The van der Waals surface area contributed by atoms with Crippen LogP contribution in [0.5, 0.6) is 0 Å². The molecule has 0 spiro atoms. The Balaban J connectivity index is 2.96. The van der Waals surface area contributed by atoms with Crippen LogP contribution in [0.4, 0.5) is 11.4 Å². The van der Waals surface area contributed by atoms with Crippen LogP contribution >= 0.6 is 0 Å². The summed E-state index contributed by atoms with van der Waals surface area (Å²) in [7, 11) is 0. The Labute approximate surface area is 93.3 Å². The normalized spacial score (nSPS) is 9.88. The lowest BCUT2D eigenvalue weighted by Gasteiger charge is -2.01. The van der Waals surface area contributed by atoms with Gasteiger partial charge in [0.2, 0.25) is 5.56 Å². The minimum atomic E-state index is -0.692. The number of benzene rings is 1. The highest BCUT2D eigenvalue weighted by atomic mass is 16.6. The molecule has 1 aromatic heterocycles. The molecule has 0 saturated carbocycles. The first kappa shape index (κ1) is 10.7. The van der Waals surface area contributed by atoms with Crippen molar-refractivity contribution in [1.29, 1.82) is 0 Å². The highest BCUT2D eigenvalue weighted by Gasteiger charge is 2.18. The summed E-state index contributed by atoms with van der Waals surface area (Å²) >= 11 is 0. The van der Waals surface area contributed by atoms with Crippen molar-refractivity contribution in [2.75, 3.05) is 0 Å². The maximum atomic E-state index is 11.1. The van der Waals surface area contributed by atoms with Gasteiger partial charge in [0, 0.05) is 16.4 Å². The molecule has 0 fully saturated rings. The number of aromatic amines is 1. The van der Waals surface area contributed by atoms with Crippen LogP contribution in [-0.2, 0) is 0 Å². The van der Waals surface area contributed by atoms with Crippen LogP contribution in [0, 0.1) is 10.1 Å². The summed E-state index contributed by atoms with van der Waals surface area (Å²) in [4.78, 5) is 26.2. The van der Waals surface area contributed by atoms with Crippen molar-refractivity contribution < 1.29 is 4.92 Å². The van der Waals surface area contributed by atoms with Crippen LogP contribution in [-0.4, -0.2) is 9.91 Å². The lowest BCUT2D eigenvalue weighted by atomic mass is 10.1. The molecule has 0 saturated heterocycles. The monoisotopic (exact) mass is 231 g/mol. The number of hydrogen-bond donors (Lipinski definition) is 1. The predicted octanol–water partition coefficient (Wildman–Crippen LogP) is 2.38. The number of azide groups is 1. The molecule has 2 rings (SSSR count). The number of nitrogens with zero attached hydrogens (tertiary/aromatic N) is 4. The molecule has 0 amide bonds. The zero-order valence-corrected chi connectivity index (χ0v) is 8.32. The van der Waals surface area contributed by atoms with E-state index in [1.807, 2.05) is 0 Å². The Morgan fingerprint density at radius 3 is 2.71 bits per heavy atom. The van der Waals surface area contributed by atoms with E-state index in [4.69, 9.17) is 5.53 Å². The molecule has 84 valence electrons. The third-order valence-corrected chi connectivity index (χ3v) is 2.19. The first-order valence-corrected chi connectivity index (χ1v) is 4.49. The fourth-order valence-corrected chi connectivity index (χ4v) is 1.51. The predicted molar refractivity (Wildman–Crippen MR) is 60.0 cm³/mol. The average molecular weight is 231 g/mol. The van der Waals surface area contributed by atoms with E-state index in [1.165, 1.54) is 24.3 Å². The summed E-state index contributed by atoms with van der Waals surface area (Å²) in [6, 6.07) is 5.58. The molecule has 17 heavy (non-hydrogen) atoms. The minimum absolute atomic E-state index is 0.0485. The van der Waals surface area contributed by atoms with Crippen molar-refractivity contribution in [2.45, 2.75) is 0 Å². The van der Waals surface area contributed by atoms with E-state index in [0.29, 0.717) is 5.39 Å². The van der Waals surface area contributed by atoms with Gasteiger partial charge < -0.3 is 4.98 Å². The lowest BCUT2D eigenvalue weighted by molar-refractivity contribution is -0.382. The van der Waals surface area contributed by atoms with Gasteiger partial charge in [-0.05, 0) is 17.7 Å². The molecule has 0 atom stereocenters. The van der Waals surface area contributed by atoms with E-state index < -0.39 is 16.2 Å². The van der Waals surface area contributed by atoms with E-state index in [9.17, 15) is 14.9 Å². The van der Waals surface area contributed by atoms with Gasteiger partial charge in [0.05, 0.1) is 4.92 Å². The number of H-pyrrole nitrogens is 1. The largest absolute Gasteiger partial charge is 0.316 e. The number of pyridine rings is 1. The fraction of sp³-hybridized carbons (Fsp3) is 0. The van der Waals surface area contributed by atoms with E-state index in [0.717, 1.165) is 0 Å². The first-order valence-electron chi connectivity index (χ1n) is 4.49. The van der Waals surface area contributed by atoms with Crippen molar-refractivity contribution in [2.24, 2.45) is 5.11 Å². The van der Waals surface area contributed by atoms with Crippen LogP contribution in [0.25, 0.3) is 21.3 Å². The van der Waals surface area contributed by atoms with Crippen LogP contribution in [0.2, 0.25) is 0 Å². The lowest BCUT2D eigenvalue weighted by Crippen LogP contribution is -2.04. The summed E-state index contributed by atoms with van der Waals surface area (Å²) in [5.41, 5.74) is 7.37. The third-order valence-electron chi connectivity index (χ3n) is 2.19. The second kappa shape index (κ2) is 3.95. The maximum absolute atomic E-state index is 11.1. The molecule has 8 nitrogen and oxygen atoms in total. The van der Waals surface area contributed by atoms with Gasteiger partial charge in [-0.2, -0.15) is 0 Å². The Kier molecular flexibility index (Phi) is 2.48. The van der Waals surface area contributed by atoms with Crippen molar-refractivity contribution >= 4 is 22.3 Å². The Bertz CT molecular complexity index is 714. The van der Waals surface area contributed by atoms with Crippen LogP contribution in [0.15, 0.2) is 34.2 Å². The van der Waals surface area contributed by atoms with Crippen LogP contribution in [0.1, 0.15) is 0 Å². The Morgan fingerprint density at radius 1 is 1.35 bits per heavy atom. The zero-order chi connectivity index (χ0) is 12.4. The van der Waals surface area contributed by atoms with Gasteiger partial charge in [-0.1, -0.05) is 11.2 Å². The van der Waals surface area contributed by atoms with Gasteiger partial charge in [0.1, 0.15) is 11.2 Å². The molecule has 8 heteroatoms. The zero-order valence-electron chi connectivity index (χ0n) is 8.32. The fourth-order valence-electron chi connectivity index (χ4n) is 1.51. The van der Waals surface area contributed by atoms with E-state index in [-0.39, 0.29) is 11.2 Å². The molecule has 1 heterocycles. The molecule has 0 radical (unpaired) electrons. The quantitative estimate of drug-likeness (QED) is 0.280. The molecule has 1 aromatic carbocycles. The van der Waals surface area contributed by atoms with Gasteiger partial charge in [-0.15, -0.1) is 0 Å². The Hall–Kier alpha value is -2.86. The molecule has 0 aliphatic carbocycles. The van der Waals surface area contributed by atoms with Gasteiger partial charge in [0.15, 0.2) is 0 Å². The number of nitro benzene ring substituents is 1. The molecule has 0 bridgehead atoms. The molecular formula is C9H5N5O3. The van der Waals surface area contributed by atoms with E-state index >= 15 is 0 Å². The second-order valence-electron chi connectivity index (χ2n) is 3.17. The van der Waals surface area contributed by atoms with Crippen molar-refractivity contribution in [1.82, 2.24) is 4.98 Å². The molecule has 1 N–H and O–H groups in total. The number of hydrogen-bond acceptors (Lipinski definition) is 4. The SMILES string of the molecule is [N-]=[N+]=Nc1ccc2ccc(=O)[nH]c2c1[N+](=O)[O-]. The topological polar surface area (TPSA) is 125 Å². The van der Waals surface area contributed by atoms with Gasteiger partial charge in [-0.3, -0.25) is 14.9 Å². The van der Waals surface area contributed by atoms with Gasteiger partial charge in [-0.25, -0.2) is 0 Å².